The first-order valence-electron chi connectivity index (χ1n) is 5.48. The number of benzene rings is 1. The molecule has 0 saturated carbocycles. The molecular formula is C12H11BrF3N3. The summed E-state index contributed by atoms with van der Waals surface area (Å²) in [4.78, 5) is 0. The van der Waals surface area contributed by atoms with Gasteiger partial charge in [-0.2, -0.15) is 18.3 Å². The van der Waals surface area contributed by atoms with Gasteiger partial charge in [0.2, 0.25) is 0 Å². The van der Waals surface area contributed by atoms with Crippen LogP contribution in [0.2, 0.25) is 0 Å². The second kappa shape index (κ2) is 5.34. The van der Waals surface area contributed by atoms with Gasteiger partial charge >= 0.3 is 6.18 Å². The average Bonchev–Trinajstić information content (AvgIpc) is 2.78. The topological polar surface area (TPSA) is 29.9 Å². The molecular weight excluding hydrogens is 323 g/mol. The van der Waals surface area contributed by atoms with Crippen LogP contribution in [0, 0.1) is 0 Å². The van der Waals surface area contributed by atoms with Crippen LogP contribution in [0.25, 0.3) is 5.69 Å². The molecule has 102 valence electrons. The molecule has 0 saturated heterocycles. The molecule has 1 N–H and O–H groups in total. The Balaban J connectivity index is 2.44. The molecule has 0 bridgehead atoms. The lowest BCUT2D eigenvalue weighted by Crippen LogP contribution is -2.11. The number of aromatic nitrogens is 2. The molecule has 2 aromatic rings. The first-order chi connectivity index (χ1) is 8.91. The van der Waals surface area contributed by atoms with Crippen molar-refractivity contribution in [1.82, 2.24) is 15.1 Å². The number of hydrogen-bond donors (Lipinski definition) is 1. The van der Waals surface area contributed by atoms with Crippen LogP contribution in [0.1, 0.15) is 11.3 Å². The smallest absolute Gasteiger partial charge is 0.316 e. The molecule has 0 atom stereocenters. The second-order valence-corrected chi connectivity index (χ2v) is 4.86. The lowest BCUT2D eigenvalue weighted by atomic mass is 10.2. The minimum absolute atomic E-state index is 0.538. The van der Waals surface area contributed by atoms with E-state index in [0.29, 0.717) is 12.2 Å². The molecule has 7 heteroatoms. The molecule has 0 amide bonds. The molecule has 1 aromatic carbocycles. The van der Waals surface area contributed by atoms with E-state index in [-0.39, 0.29) is 0 Å². The van der Waals surface area contributed by atoms with E-state index in [1.54, 1.807) is 19.2 Å². The summed E-state index contributed by atoms with van der Waals surface area (Å²) in [7, 11) is 1.77. The maximum absolute atomic E-state index is 12.5. The lowest BCUT2D eigenvalue weighted by Gasteiger charge is -2.10. The fourth-order valence-corrected chi connectivity index (χ4v) is 2.13. The molecule has 0 fully saturated rings. The van der Waals surface area contributed by atoms with Crippen molar-refractivity contribution in [1.29, 1.82) is 0 Å². The van der Waals surface area contributed by atoms with Crippen molar-refractivity contribution in [3.05, 3.63) is 46.2 Å². The summed E-state index contributed by atoms with van der Waals surface area (Å²) in [6.07, 6.45) is -3.12. The highest BCUT2D eigenvalue weighted by atomic mass is 79.9. The van der Waals surface area contributed by atoms with E-state index in [9.17, 15) is 13.2 Å². The van der Waals surface area contributed by atoms with Gasteiger partial charge in [0, 0.05) is 17.2 Å². The number of halogens is 4. The molecule has 0 aliphatic carbocycles. The van der Waals surface area contributed by atoms with Crippen molar-refractivity contribution in [3.63, 3.8) is 0 Å². The fraction of sp³-hybridized carbons (Fsp3) is 0.250. The van der Waals surface area contributed by atoms with Crippen LogP contribution in [0.4, 0.5) is 13.2 Å². The van der Waals surface area contributed by atoms with Crippen LogP contribution in [-0.4, -0.2) is 16.8 Å². The van der Waals surface area contributed by atoms with Gasteiger partial charge in [0.05, 0.1) is 5.69 Å². The quantitative estimate of drug-likeness (QED) is 0.933. The highest BCUT2D eigenvalue weighted by Gasteiger charge is 2.33. The van der Waals surface area contributed by atoms with E-state index in [0.717, 1.165) is 16.1 Å². The molecule has 0 aliphatic rings. The third-order valence-electron chi connectivity index (χ3n) is 2.54. The fourth-order valence-electron chi connectivity index (χ4n) is 1.72. The third-order valence-corrected chi connectivity index (χ3v) is 3.03. The summed E-state index contributed by atoms with van der Waals surface area (Å²) < 4.78 is 39.7. The van der Waals surface area contributed by atoms with Gasteiger partial charge in [0.15, 0.2) is 5.69 Å². The predicted molar refractivity (Wildman–Crippen MR) is 69.0 cm³/mol. The Kier molecular flexibility index (Phi) is 3.96. The molecule has 0 unspecified atom stereocenters. The average molecular weight is 334 g/mol. The molecule has 0 aliphatic heterocycles. The molecule has 1 aromatic heterocycles. The maximum atomic E-state index is 12.5. The van der Waals surface area contributed by atoms with Crippen LogP contribution in [0.15, 0.2) is 34.9 Å². The van der Waals surface area contributed by atoms with Crippen LogP contribution < -0.4 is 5.32 Å². The summed E-state index contributed by atoms with van der Waals surface area (Å²) in [6.45, 7) is 0.538. The monoisotopic (exact) mass is 333 g/mol. The Hall–Kier alpha value is -1.34. The highest BCUT2D eigenvalue weighted by Crippen LogP contribution is 2.28. The van der Waals surface area contributed by atoms with Gasteiger partial charge in [-0.25, -0.2) is 4.68 Å². The van der Waals surface area contributed by atoms with Gasteiger partial charge in [0.1, 0.15) is 0 Å². The normalized spacial score (nSPS) is 11.8. The molecule has 0 radical (unpaired) electrons. The van der Waals surface area contributed by atoms with Gasteiger partial charge in [0.25, 0.3) is 0 Å². The number of alkyl halides is 3. The minimum atomic E-state index is -4.43. The first-order valence-corrected chi connectivity index (χ1v) is 6.27. The van der Waals surface area contributed by atoms with E-state index in [4.69, 9.17) is 0 Å². The summed E-state index contributed by atoms with van der Waals surface area (Å²) in [5.41, 5.74) is 0.576. The number of nitrogens with zero attached hydrogens (tertiary/aromatic N) is 2. The number of rotatable bonds is 3. The number of hydrogen-bond acceptors (Lipinski definition) is 2. The number of nitrogens with one attached hydrogen (secondary N) is 1. The largest absolute Gasteiger partial charge is 0.435 e. The Labute approximate surface area is 116 Å². The molecule has 3 nitrogen and oxygen atoms in total. The summed E-state index contributed by atoms with van der Waals surface area (Å²) in [5, 5.41) is 6.55. The van der Waals surface area contributed by atoms with Crippen LogP contribution in [0.5, 0.6) is 0 Å². The second-order valence-electron chi connectivity index (χ2n) is 3.95. The highest BCUT2D eigenvalue weighted by molar-refractivity contribution is 9.10. The summed E-state index contributed by atoms with van der Waals surface area (Å²) in [5.74, 6) is 0. The summed E-state index contributed by atoms with van der Waals surface area (Å²) >= 11 is 3.34. The molecule has 19 heavy (non-hydrogen) atoms. The zero-order valence-electron chi connectivity index (χ0n) is 10.0. The van der Waals surface area contributed by atoms with Crippen molar-refractivity contribution in [2.45, 2.75) is 12.7 Å². The van der Waals surface area contributed by atoms with Gasteiger partial charge in [-0.15, -0.1) is 0 Å². The van der Waals surface area contributed by atoms with Crippen LogP contribution in [-0.2, 0) is 12.7 Å². The maximum Gasteiger partial charge on any atom is 0.435 e. The Bertz CT molecular complexity index is 578. The predicted octanol–water partition coefficient (Wildman–Crippen LogP) is 3.37. The SMILES string of the molecule is CNCc1cc(Br)ccc1-n1ccc(C(F)(F)F)n1. The van der Waals surface area contributed by atoms with Crippen molar-refractivity contribution in [3.8, 4) is 5.69 Å². The first kappa shape index (κ1) is 14.1. The lowest BCUT2D eigenvalue weighted by molar-refractivity contribution is -0.141. The van der Waals surface area contributed by atoms with Crippen LogP contribution >= 0.6 is 15.9 Å². The van der Waals surface area contributed by atoms with Gasteiger partial charge in [-0.3, -0.25) is 0 Å². The van der Waals surface area contributed by atoms with Crippen LogP contribution in [0.3, 0.4) is 0 Å². The zero-order chi connectivity index (χ0) is 14.0. The van der Waals surface area contributed by atoms with E-state index >= 15 is 0 Å². The molecule has 2 rings (SSSR count). The standard InChI is InChI=1S/C12H11BrF3N3/c1-17-7-8-6-9(13)2-3-10(8)19-5-4-11(18-19)12(14,15)16/h2-6,17H,7H2,1H3. The van der Waals surface area contributed by atoms with E-state index in [1.165, 1.54) is 10.9 Å². The van der Waals surface area contributed by atoms with Crippen molar-refractivity contribution >= 4 is 15.9 Å². The zero-order valence-corrected chi connectivity index (χ0v) is 11.6. The van der Waals surface area contributed by atoms with Crippen molar-refractivity contribution < 1.29 is 13.2 Å². The Morgan fingerprint density at radius 1 is 1.32 bits per heavy atom. The van der Waals surface area contributed by atoms with Gasteiger partial charge in [-0.1, -0.05) is 15.9 Å². The molecule has 1 heterocycles. The summed E-state index contributed by atoms with van der Waals surface area (Å²) in [6, 6.07) is 6.30. The van der Waals surface area contributed by atoms with E-state index in [1.807, 2.05) is 6.07 Å². The minimum Gasteiger partial charge on any atom is -0.316 e. The van der Waals surface area contributed by atoms with E-state index in [2.05, 4.69) is 26.3 Å². The third kappa shape index (κ3) is 3.16. The van der Waals surface area contributed by atoms with Crippen molar-refractivity contribution in [2.75, 3.05) is 7.05 Å². The molecule has 0 spiro atoms. The van der Waals surface area contributed by atoms with E-state index < -0.39 is 11.9 Å². The van der Waals surface area contributed by atoms with Crippen molar-refractivity contribution in [2.24, 2.45) is 0 Å². The van der Waals surface area contributed by atoms with Gasteiger partial charge < -0.3 is 5.32 Å². The Morgan fingerprint density at radius 2 is 2.05 bits per heavy atom. The van der Waals surface area contributed by atoms with Gasteiger partial charge in [-0.05, 0) is 36.9 Å². The Morgan fingerprint density at radius 3 is 2.63 bits per heavy atom.